The SMILES string of the molecule is CC(C)n1cc(-c2cnc3c(c2)c(I)cn3S(=O)(=O)c2ccccc2)cn1. The third kappa shape index (κ3) is 3.16. The number of hydrogen-bond acceptors (Lipinski definition) is 4. The summed E-state index contributed by atoms with van der Waals surface area (Å²) in [7, 11) is -3.70. The van der Waals surface area contributed by atoms with Crippen molar-refractivity contribution >= 4 is 43.6 Å². The average molecular weight is 492 g/mol. The topological polar surface area (TPSA) is 69.8 Å². The van der Waals surface area contributed by atoms with Crippen molar-refractivity contribution in [3.63, 3.8) is 0 Å². The van der Waals surface area contributed by atoms with Gasteiger partial charge in [0.15, 0.2) is 5.65 Å². The van der Waals surface area contributed by atoms with Gasteiger partial charge in [-0.3, -0.25) is 4.68 Å². The molecule has 0 spiro atoms. The summed E-state index contributed by atoms with van der Waals surface area (Å²) in [5, 5.41) is 5.16. The normalized spacial score (nSPS) is 12.1. The molecule has 3 heterocycles. The molecular weight excluding hydrogens is 475 g/mol. The van der Waals surface area contributed by atoms with Crippen LogP contribution in [-0.2, 0) is 10.0 Å². The van der Waals surface area contributed by atoms with E-state index in [0.717, 1.165) is 20.1 Å². The fourth-order valence-corrected chi connectivity index (χ4v) is 5.07. The van der Waals surface area contributed by atoms with Crippen LogP contribution in [0.3, 0.4) is 0 Å². The highest BCUT2D eigenvalue weighted by molar-refractivity contribution is 14.1. The Balaban J connectivity index is 1.84. The van der Waals surface area contributed by atoms with Crippen LogP contribution >= 0.6 is 22.6 Å². The Morgan fingerprint density at radius 2 is 1.78 bits per heavy atom. The molecule has 0 saturated heterocycles. The smallest absolute Gasteiger partial charge is 0.269 e. The molecule has 0 fully saturated rings. The molecule has 0 radical (unpaired) electrons. The summed E-state index contributed by atoms with van der Waals surface area (Å²) in [6.07, 6.45) is 7.07. The average Bonchev–Trinajstić information content (AvgIpc) is 3.28. The molecule has 4 aromatic rings. The second-order valence-electron chi connectivity index (χ2n) is 6.49. The molecule has 0 aliphatic carbocycles. The molecule has 0 saturated carbocycles. The third-order valence-electron chi connectivity index (χ3n) is 4.33. The zero-order valence-electron chi connectivity index (χ0n) is 14.7. The minimum Gasteiger partial charge on any atom is -0.270 e. The van der Waals surface area contributed by atoms with Gasteiger partial charge in [-0.15, -0.1) is 0 Å². The van der Waals surface area contributed by atoms with Crippen molar-refractivity contribution in [3.05, 3.63) is 64.8 Å². The Hall–Kier alpha value is -2.20. The number of benzene rings is 1. The number of aromatic nitrogens is 4. The number of fused-ring (bicyclic) bond motifs is 1. The van der Waals surface area contributed by atoms with Crippen LogP contribution in [0.5, 0.6) is 0 Å². The van der Waals surface area contributed by atoms with Crippen molar-refractivity contribution in [3.8, 4) is 11.1 Å². The zero-order chi connectivity index (χ0) is 19.2. The van der Waals surface area contributed by atoms with Crippen LogP contribution in [-0.4, -0.2) is 27.2 Å². The van der Waals surface area contributed by atoms with Crippen molar-refractivity contribution < 1.29 is 8.42 Å². The fourth-order valence-electron chi connectivity index (χ4n) is 2.86. The second kappa shape index (κ2) is 6.75. The summed E-state index contributed by atoms with van der Waals surface area (Å²) in [5.41, 5.74) is 2.28. The largest absolute Gasteiger partial charge is 0.270 e. The Labute approximate surface area is 171 Å². The Morgan fingerprint density at radius 3 is 2.44 bits per heavy atom. The third-order valence-corrected chi connectivity index (χ3v) is 6.85. The van der Waals surface area contributed by atoms with Gasteiger partial charge in [0.25, 0.3) is 10.0 Å². The summed E-state index contributed by atoms with van der Waals surface area (Å²) >= 11 is 2.14. The summed E-state index contributed by atoms with van der Waals surface area (Å²) in [5.74, 6) is 0. The molecule has 0 aliphatic heterocycles. The van der Waals surface area contributed by atoms with Gasteiger partial charge >= 0.3 is 0 Å². The molecule has 4 rings (SSSR count). The summed E-state index contributed by atoms with van der Waals surface area (Å²) in [4.78, 5) is 4.70. The van der Waals surface area contributed by atoms with E-state index in [1.54, 1.807) is 48.9 Å². The summed E-state index contributed by atoms with van der Waals surface area (Å²) < 4.78 is 30.0. The van der Waals surface area contributed by atoms with E-state index in [1.165, 1.54) is 3.97 Å². The first-order valence-corrected chi connectivity index (χ1v) is 10.9. The highest BCUT2D eigenvalue weighted by Gasteiger charge is 2.21. The van der Waals surface area contributed by atoms with Crippen LogP contribution in [0.2, 0.25) is 0 Å². The Bertz CT molecular complexity index is 1230. The van der Waals surface area contributed by atoms with Gasteiger partial charge in [0.1, 0.15) is 0 Å². The molecule has 0 N–H and O–H groups in total. The number of halogens is 1. The van der Waals surface area contributed by atoms with Gasteiger partial charge in [0.2, 0.25) is 0 Å². The minimum absolute atomic E-state index is 0.238. The van der Waals surface area contributed by atoms with Crippen LogP contribution in [0.15, 0.2) is 66.1 Å². The van der Waals surface area contributed by atoms with Crippen LogP contribution in [0.4, 0.5) is 0 Å². The van der Waals surface area contributed by atoms with Gasteiger partial charge in [0, 0.05) is 44.7 Å². The molecule has 138 valence electrons. The molecule has 3 aromatic heterocycles. The lowest BCUT2D eigenvalue weighted by molar-refractivity contribution is 0.532. The zero-order valence-corrected chi connectivity index (χ0v) is 17.7. The van der Waals surface area contributed by atoms with Crippen molar-refractivity contribution in [2.75, 3.05) is 0 Å². The van der Waals surface area contributed by atoms with E-state index in [1.807, 2.05) is 16.9 Å². The molecule has 0 unspecified atom stereocenters. The molecular formula is C19H17IN4O2S. The van der Waals surface area contributed by atoms with E-state index in [9.17, 15) is 8.42 Å². The highest BCUT2D eigenvalue weighted by atomic mass is 127. The van der Waals surface area contributed by atoms with Gasteiger partial charge in [-0.05, 0) is 54.6 Å². The molecule has 0 aliphatic rings. The van der Waals surface area contributed by atoms with E-state index in [2.05, 4.69) is 46.5 Å². The molecule has 8 heteroatoms. The van der Waals surface area contributed by atoms with E-state index in [-0.39, 0.29) is 10.9 Å². The van der Waals surface area contributed by atoms with Crippen LogP contribution in [0, 0.1) is 3.57 Å². The summed E-state index contributed by atoms with van der Waals surface area (Å²) in [6, 6.07) is 10.6. The van der Waals surface area contributed by atoms with E-state index in [4.69, 9.17) is 0 Å². The lowest BCUT2D eigenvalue weighted by atomic mass is 10.1. The van der Waals surface area contributed by atoms with Crippen molar-refractivity contribution in [1.82, 2.24) is 18.7 Å². The van der Waals surface area contributed by atoms with Gasteiger partial charge in [-0.1, -0.05) is 18.2 Å². The first-order chi connectivity index (χ1) is 12.9. The Kier molecular flexibility index (Phi) is 4.55. The van der Waals surface area contributed by atoms with Gasteiger partial charge in [0.05, 0.1) is 11.1 Å². The van der Waals surface area contributed by atoms with Gasteiger partial charge in [-0.2, -0.15) is 5.10 Å². The predicted octanol–water partition coefficient (Wildman–Crippen LogP) is 4.32. The maximum atomic E-state index is 13.0. The molecule has 0 atom stereocenters. The predicted molar refractivity (Wildman–Crippen MR) is 113 cm³/mol. The van der Waals surface area contributed by atoms with E-state index in [0.29, 0.717) is 5.65 Å². The number of rotatable bonds is 4. The fraction of sp³-hybridized carbons (Fsp3) is 0.158. The van der Waals surface area contributed by atoms with E-state index >= 15 is 0 Å². The first-order valence-electron chi connectivity index (χ1n) is 8.39. The number of nitrogens with zero attached hydrogens (tertiary/aromatic N) is 4. The standard InChI is InChI=1S/C19H17IN4O2S/c1-13(2)23-11-15(10-22-23)14-8-17-18(20)12-24(19(17)21-9-14)27(25,26)16-6-4-3-5-7-16/h3-13H,1-2H3. The van der Waals surface area contributed by atoms with Crippen LogP contribution < -0.4 is 0 Å². The van der Waals surface area contributed by atoms with Crippen LogP contribution in [0.1, 0.15) is 19.9 Å². The van der Waals surface area contributed by atoms with Crippen molar-refractivity contribution in [1.29, 1.82) is 0 Å². The molecule has 6 nitrogen and oxygen atoms in total. The van der Waals surface area contributed by atoms with Crippen LogP contribution in [0.25, 0.3) is 22.2 Å². The lowest BCUT2D eigenvalue weighted by Crippen LogP contribution is -2.12. The quantitative estimate of drug-likeness (QED) is 0.398. The molecule has 27 heavy (non-hydrogen) atoms. The van der Waals surface area contributed by atoms with Gasteiger partial charge < -0.3 is 0 Å². The minimum atomic E-state index is -3.70. The highest BCUT2D eigenvalue weighted by Crippen LogP contribution is 2.29. The number of pyridine rings is 1. The lowest BCUT2D eigenvalue weighted by Gasteiger charge is -2.07. The maximum Gasteiger partial charge on any atom is 0.269 e. The molecule has 1 aromatic carbocycles. The molecule has 0 bridgehead atoms. The van der Waals surface area contributed by atoms with Crippen molar-refractivity contribution in [2.24, 2.45) is 0 Å². The Morgan fingerprint density at radius 1 is 1.04 bits per heavy atom. The number of hydrogen-bond donors (Lipinski definition) is 0. The maximum absolute atomic E-state index is 13.0. The first kappa shape index (κ1) is 18.2. The second-order valence-corrected chi connectivity index (χ2v) is 9.47. The monoisotopic (exact) mass is 492 g/mol. The van der Waals surface area contributed by atoms with Gasteiger partial charge in [-0.25, -0.2) is 17.4 Å². The van der Waals surface area contributed by atoms with Crippen molar-refractivity contribution in [2.45, 2.75) is 24.8 Å². The van der Waals surface area contributed by atoms with E-state index < -0.39 is 10.0 Å². The molecule has 0 amide bonds. The summed E-state index contributed by atoms with van der Waals surface area (Å²) in [6.45, 7) is 4.13.